The van der Waals surface area contributed by atoms with Gasteiger partial charge in [0.05, 0.1) is 22.4 Å². The molecule has 0 N–H and O–H groups in total. The molecule has 10 nitrogen and oxygen atoms in total. The number of nitrogens with zero attached hydrogens (tertiary/aromatic N) is 6. The van der Waals surface area contributed by atoms with Gasteiger partial charge in [-0.3, -0.25) is 4.99 Å². The molecule has 0 saturated carbocycles. The first kappa shape index (κ1) is 36.7. The van der Waals surface area contributed by atoms with Crippen LogP contribution in [0.5, 0.6) is 0 Å². The summed E-state index contributed by atoms with van der Waals surface area (Å²) in [7, 11) is 0. The van der Waals surface area contributed by atoms with Crippen molar-refractivity contribution in [3.8, 4) is 0 Å². The molecule has 1 amide bonds. The van der Waals surface area contributed by atoms with E-state index in [1.165, 1.54) is 23.6 Å². The van der Waals surface area contributed by atoms with E-state index in [0.29, 0.717) is 11.4 Å². The molecule has 51 heavy (non-hydrogen) atoms. The van der Waals surface area contributed by atoms with Gasteiger partial charge in [0.1, 0.15) is 35.4 Å². The van der Waals surface area contributed by atoms with Crippen LogP contribution in [0.15, 0.2) is 39.5 Å². The van der Waals surface area contributed by atoms with Crippen molar-refractivity contribution in [1.82, 2.24) is 19.4 Å². The molecule has 14 heteroatoms. The van der Waals surface area contributed by atoms with Crippen LogP contribution in [0, 0.1) is 17.7 Å². The third-order valence-electron chi connectivity index (χ3n) is 9.98. The van der Waals surface area contributed by atoms with Gasteiger partial charge in [-0.1, -0.05) is 19.9 Å². The zero-order chi connectivity index (χ0) is 37.2. The molecule has 1 aliphatic carbocycles. The second kappa shape index (κ2) is 13.2. The molecule has 2 unspecified atom stereocenters. The Morgan fingerprint density at radius 2 is 1.84 bits per heavy atom. The van der Waals surface area contributed by atoms with Gasteiger partial charge in [0, 0.05) is 49.3 Å². The van der Waals surface area contributed by atoms with Crippen molar-refractivity contribution in [2.24, 2.45) is 16.8 Å². The number of rotatable bonds is 2. The van der Waals surface area contributed by atoms with Gasteiger partial charge in [0.25, 0.3) is 5.92 Å². The number of ether oxygens (including phenoxy) is 2. The van der Waals surface area contributed by atoms with E-state index in [1.54, 1.807) is 31.9 Å². The largest absolute Gasteiger partial charge is 0.444 e. The van der Waals surface area contributed by atoms with Crippen molar-refractivity contribution in [2.45, 2.75) is 110 Å². The number of piperazine rings is 1. The maximum absolute atomic E-state index is 16.6. The first-order valence-corrected chi connectivity index (χ1v) is 17.6. The molecular weight excluding hydrogens is 668 g/mol. The van der Waals surface area contributed by atoms with Gasteiger partial charge < -0.3 is 19.3 Å². The highest BCUT2D eigenvalue weighted by molar-refractivity contribution is 5.92. The number of carbonyl (C=O) groups excluding carboxylic acids is 1. The third-order valence-corrected chi connectivity index (χ3v) is 9.98. The minimum Gasteiger partial charge on any atom is -0.444 e. The molecule has 276 valence electrons. The van der Waals surface area contributed by atoms with Crippen LogP contribution < -0.4 is 10.6 Å². The highest BCUT2D eigenvalue weighted by atomic mass is 19.3. The van der Waals surface area contributed by atoms with Crippen molar-refractivity contribution in [1.29, 1.82) is 0 Å². The normalized spacial score (nSPS) is 27.0. The van der Waals surface area contributed by atoms with E-state index in [1.807, 2.05) is 32.6 Å². The molecule has 2 bridgehead atoms. The van der Waals surface area contributed by atoms with Crippen LogP contribution in [-0.4, -0.2) is 80.6 Å². The molecule has 5 heterocycles. The lowest BCUT2D eigenvalue weighted by atomic mass is 9.84. The van der Waals surface area contributed by atoms with Crippen LogP contribution in [-0.2, 0) is 9.47 Å². The minimum absolute atomic E-state index is 0.00413. The van der Waals surface area contributed by atoms with Crippen molar-refractivity contribution in [3.05, 3.63) is 51.7 Å². The number of hydrogen-bond donors (Lipinski definition) is 0. The number of halogens is 4. The molecule has 3 aliphatic heterocycles. The van der Waals surface area contributed by atoms with E-state index < -0.39 is 71.2 Å². The standard InChI is InChI=1S/C37H46F4N6O4/c1-20(2)28-30-23(12-15-42-28)11-14-37(40,41)19-50-36(8)13-9-10-25(38)27(36)29-26(39)16-24-31(44-33(48)47(30)32(24)43-29)45-17-22(4)46(18-21(45)3)34(49)51-35(5,6)7/h9-10,15-16,20-23H,11-14,17-19H2,1-8H3/t21-,22+,23?,36?/m0/s1. The Hall–Kier alpha value is -4.07. The number of fused-ring (bicyclic) bond motifs is 5. The summed E-state index contributed by atoms with van der Waals surface area (Å²) in [4.78, 5) is 44.8. The van der Waals surface area contributed by atoms with Crippen molar-refractivity contribution in [2.75, 3.05) is 24.6 Å². The number of allylic oxidation sites excluding steroid dienone is 4. The smallest absolute Gasteiger partial charge is 0.410 e. The fraction of sp³-hybridized carbons (Fsp3) is 0.595. The summed E-state index contributed by atoms with van der Waals surface area (Å²) < 4.78 is 76.2. The van der Waals surface area contributed by atoms with Gasteiger partial charge in [-0.05, 0) is 78.9 Å². The van der Waals surface area contributed by atoms with Crippen LogP contribution >= 0.6 is 0 Å². The fourth-order valence-electron chi connectivity index (χ4n) is 7.42. The van der Waals surface area contributed by atoms with Gasteiger partial charge in [0.15, 0.2) is 5.65 Å². The lowest BCUT2D eigenvalue weighted by Gasteiger charge is -2.45. The molecule has 1 fully saturated rings. The molecule has 0 spiro atoms. The number of carbonyl (C=O) groups is 1. The summed E-state index contributed by atoms with van der Waals surface area (Å²) in [6, 6.07) is 0.406. The Balaban J connectivity index is 1.62. The van der Waals surface area contributed by atoms with Crippen LogP contribution in [0.2, 0.25) is 0 Å². The van der Waals surface area contributed by atoms with Gasteiger partial charge in [-0.15, -0.1) is 0 Å². The van der Waals surface area contributed by atoms with E-state index in [0.717, 1.165) is 6.08 Å². The fourth-order valence-corrected chi connectivity index (χ4v) is 7.42. The van der Waals surface area contributed by atoms with E-state index in [-0.39, 0.29) is 66.7 Å². The van der Waals surface area contributed by atoms with Crippen LogP contribution in [0.4, 0.5) is 28.2 Å². The average molecular weight is 715 g/mol. The molecule has 0 radical (unpaired) electrons. The molecule has 6 rings (SSSR count). The van der Waals surface area contributed by atoms with Crippen molar-refractivity contribution >= 4 is 40.4 Å². The lowest BCUT2D eigenvalue weighted by Crippen LogP contribution is -2.59. The molecule has 2 aromatic rings. The minimum atomic E-state index is -3.31. The number of alkyl halides is 2. The summed E-state index contributed by atoms with van der Waals surface area (Å²) >= 11 is 0. The molecule has 1 saturated heterocycles. The van der Waals surface area contributed by atoms with Crippen LogP contribution in [0.25, 0.3) is 22.3 Å². The summed E-state index contributed by atoms with van der Waals surface area (Å²) in [5.74, 6) is -5.78. The number of hydrogen-bond acceptors (Lipinski definition) is 8. The number of pyridine rings is 1. The summed E-state index contributed by atoms with van der Waals surface area (Å²) in [5, 5.41) is 0.166. The van der Waals surface area contributed by atoms with Crippen molar-refractivity contribution in [3.63, 3.8) is 0 Å². The van der Waals surface area contributed by atoms with E-state index in [9.17, 15) is 9.59 Å². The number of aromatic nitrogens is 3. The lowest BCUT2D eigenvalue weighted by molar-refractivity contribution is -0.119. The summed E-state index contributed by atoms with van der Waals surface area (Å²) in [6.07, 6.45) is 3.46. The Bertz CT molecular complexity index is 1930. The van der Waals surface area contributed by atoms with Crippen molar-refractivity contribution < 1.29 is 31.8 Å². The monoisotopic (exact) mass is 714 g/mol. The summed E-state index contributed by atoms with van der Waals surface area (Å²) in [5.41, 5.74) is -3.06. The van der Waals surface area contributed by atoms with E-state index >= 15 is 17.6 Å². The first-order valence-electron chi connectivity index (χ1n) is 17.6. The van der Waals surface area contributed by atoms with Crippen LogP contribution in [0.3, 0.4) is 0 Å². The third kappa shape index (κ3) is 6.95. The topological polar surface area (TPSA) is 102 Å². The predicted molar refractivity (Wildman–Crippen MR) is 188 cm³/mol. The number of anilines is 1. The highest BCUT2D eigenvalue weighted by Crippen LogP contribution is 2.45. The van der Waals surface area contributed by atoms with Crippen LogP contribution in [0.1, 0.15) is 86.8 Å². The number of aliphatic imine (C=N–C) groups is 1. The Kier molecular flexibility index (Phi) is 9.47. The van der Waals surface area contributed by atoms with Gasteiger partial charge in [0.2, 0.25) is 0 Å². The second-order valence-corrected chi connectivity index (χ2v) is 15.6. The van der Waals surface area contributed by atoms with E-state index in [4.69, 9.17) is 14.5 Å². The highest BCUT2D eigenvalue weighted by Gasteiger charge is 2.43. The SMILES string of the molecule is CC(C)C1=C2C(CC=N1)CCC(F)(F)COC1(C)CC=CC(F)=C1c1nc3c(cc1F)c(N1C[C@@H](C)N(C(=O)OC(C)(C)C)C[C@@H]1C)nc(=O)n32. The molecular formula is C37H46F4N6O4. The zero-order valence-electron chi connectivity index (χ0n) is 30.4. The predicted octanol–water partition coefficient (Wildman–Crippen LogP) is 7.52. The Labute approximate surface area is 294 Å². The molecule has 4 atom stereocenters. The first-order chi connectivity index (χ1) is 23.8. The quantitative estimate of drug-likeness (QED) is 0.297. The number of amides is 1. The second-order valence-electron chi connectivity index (χ2n) is 15.6. The Morgan fingerprint density at radius 1 is 1.12 bits per heavy atom. The molecule has 0 aromatic carbocycles. The van der Waals surface area contributed by atoms with E-state index in [2.05, 4.69) is 9.98 Å². The Morgan fingerprint density at radius 3 is 2.53 bits per heavy atom. The maximum atomic E-state index is 16.6. The molecule has 4 aliphatic rings. The average Bonchev–Trinajstić information content (AvgIpc) is 3.03. The van der Waals surface area contributed by atoms with Gasteiger partial charge in [-0.2, -0.15) is 4.98 Å². The maximum Gasteiger partial charge on any atom is 0.410 e. The van der Waals surface area contributed by atoms with Gasteiger partial charge >= 0.3 is 11.8 Å². The van der Waals surface area contributed by atoms with Gasteiger partial charge in [-0.25, -0.2) is 36.7 Å². The summed E-state index contributed by atoms with van der Waals surface area (Å²) in [6.45, 7) is 13.7. The molecule has 2 aromatic heterocycles. The zero-order valence-corrected chi connectivity index (χ0v) is 30.4.